The number of halogens is 1. The number of fused-ring (bicyclic) bond motifs is 3. The van der Waals surface area contributed by atoms with Crippen LogP contribution in [0, 0.1) is 22.7 Å². The molecule has 0 N–H and O–H groups in total. The second kappa shape index (κ2) is 6.81. The Hall–Kier alpha value is -0.0700. The highest BCUT2D eigenvalue weighted by Gasteiger charge is 2.53. The van der Waals surface area contributed by atoms with Gasteiger partial charge in [-0.3, -0.25) is 0 Å². The molecule has 0 aromatic rings. The first kappa shape index (κ1) is 16.8. The smallest absolute Gasteiger partial charge is 0.104 e. The van der Waals surface area contributed by atoms with E-state index >= 15 is 0 Å². The van der Waals surface area contributed by atoms with Crippen LogP contribution >= 0.6 is 0 Å². The molecular weight excluding hydrogens is 271 g/mol. The zero-order valence-corrected chi connectivity index (χ0v) is 15.0. The summed E-state index contributed by atoms with van der Waals surface area (Å²) in [5, 5.41) is 0. The van der Waals surface area contributed by atoms with E-state index in [0.717, 1.165) is 6.42 Å². The molecule has 1 unspecified atom stereocenters. The molecular formula is C21H37F. The van der Waals surface area contributed by atoms with Gasteiger partial charge in [0.15, 0.2) is 0 Å². The molecule has 22 heavy (non-hydrogen) atoms. The Morgan fingerprint density at radius 1 is 0.909 bits per heavy atom. The largest absolute Gasteiger partial charge is 0.247 e. The molecule has 0 heterocycles. The summed E-state index contributed by atoms with van der Waals surface area (Å²) >= 11 is 0. The van der Waals surface area contributed by atoms with Gasteiger partial charge in [-0.15, -0.1) is 0 Å². The van der Waals surface area contributed by atoms with Gasteiger partial charge in [0.25, 0.3) is 0 Å². The SMILES string of the molecule is CCCCC12CCC(C3CC[C@H](CCC)C[C@H]3F)(CC1)CC2. The van der Waals surface area contributed by atoms with Crippen molar-refractivity contribution in [1.82, 2.24) is 0 Å². The molecule has 2 bridgehead atoms. The molecule has 4 saturated carbocycles. The van der Waals surface area contributed by atoms with Crippen molar-refractivity contribution >= 4 is 0 Å². The molecule has 0 nitrogen and oxygen atoms in total. The van der Waals surface area contributed by atoms with Crippen molar-refractivity contribution in [2.45, 2.75) is 110 Å². The van der Waals surface area contributed by atoms with Crippen LogP contribution in [0.4, 0.5) is 4.39 Å². The lowest BCUT2D eigenvalue weighted by Crippen LogP contribution is -2.49. The van der Waals surface area contributed by atoms with Gasteiger partial charge in [-0.05, 0) is 86.9 Å². The summed E-state index contributed by atoms with van der Waals surface area (Å²) in [6.07, 6.45) is 17.8. The second-order valence-corrected chi connectivity index (χ2v) is 9.06. The first-order valence-electron chi connectivity index (χ1n) is 10.3. The Morgan fingerprint density at radius 2 is 1.59 bits per heavy atom. The van der Waals surface area contributed by atoms with Gasteiger partial charge in [-0.1, -0.05) is 39.5 Å². The molecule has 0 aliphatic heterocycles. The van der Waals surface area contributed by atoms with Crippen LogP contribution in [-0.4, -0.2) is 6.17 Å². The molecule has 3 atom stereocenters. The highest BCUT2D eigenvalue weighted by Crippen LogP contribution is 2.63. The van der Waals surface area contributed by atoms with Crippen LogP contribution in [0.25, 0.3) is 0 Å². The zero-order chi connectivity index (χ0) is 15.6. The first-order valence-corrected chi connectivity index (χ1v) is 10.3. The summed E-state index contributed by atoms with van der Waals surface area (Å²) in [6.45, 7) is 4.56. The van der Waals surface area contributed by atoms with Crippen molar-refractivity contribution in [3.8, 4) is 0 Å². The van der Waals surface area contributed by atoms with Gasteiger partial charge in [0.2, 0.25) is 0 Å². The Bertz CT molecular complexity index is 336. The fourth-order valence-corrected chi connectivity index (χ4v) is 6.33. The number of alkyl halides is 1. The van der Waals surface area contributed by atoms with Crippen molar-refractivity contribution in [2.24, 2.45) is 22.7 Å². The fourth-order valence-electron chi connectivity index (χ4n) is 6.33. The van der Waals surface area contributed by atoms with Crippen molar-refractivity contribution < 1.29 is 4.39 Å². The van der Waals surface area contributed by atoms with E-state index in [4.69, 9.17) is 0 Å². The van der Waals surface area contributed by atoms with Crippen LogP contribution in [0.1, 0.15) is 104 Å². The minimum Gasteiger partial charge on any atom is -0.247 e. The van der Waals surface area contributed by atoms with Gasteiger partial charge in [0.1, 0.15) is 6.17 Å². The van der Waals surface area contributed by atoms with Crippen molar-refractivity contribution in [3.05, 3.63) is 0 Å². The number of unbranched alkanes of at least 4 members (excludes halogenated alkanes) is 1. The van der Waals surface area contributed by atoms with E-state index in [9.17, 15) is 4.39 Å². The maximum absolute atomic E-state index is 15.0. The maximum Gasteiger partial charge on any atom is 0.104 e. The van der Waals surface area contributed by atoms with Crippen LogP contribution in [0.5, 0.6) is 0 Å². The molecule has 128 valence electrons. The van der Waals surface area contributed by atoms with Gasteiger partial charge in [0, 0.05) is 0 Å². The van der Waals surface area contributed by atoms with E-state index in [-0.39, 0.29) is 0 Å². The average Bonchev–Trinajstić information content (AvgIpc) is 2.55. The molecule has 4 fully saturated rings. The first-order chi connectivity index (χ1) is 10.6. The van der Waals surface area contributed by atoms with Gasteiger partial charge in [-0.25, -0.2) is 4.39 Å². The highest BCUT2D eigenvalue weighted by molar-refractivity contribution is 5.04. The molecule has 0 radical (unpaired) electrons. The molecule has 4 aliphatic carbocycles. The molecule has 0 aromatic heterocycles. The van der Waals surface area contributed by atoms with Crippen molar-refractivity contribution in [3.63, 3.8) is 0 Å². The minimum absolute atomic E-state index is 0.407. The van der Waals surface area contributed by atoms with Gasteiger partial charge in [0.05, 0.1) is 0 Å². The van der Waals surface area contributed by atoms with E-state index in [0.29, 0.717) is 22.7 Å². The standard InChI is InChI=1S/C21H37F/c1-3-5-9-20-10-13-21(14-11-20,15-12-20)18-8-7-17(6-4-2)16-19(18)22/h17-19H,3-16H2,1-2H3/t17-,18?,19+,20?,21?/m0/s1. The lowest BCUT2D eigenvalue weighted by atomic mass is 9.47. The third-order valence-corrected chi connectivity index (χ3v) is 7.88. The lowest BCUT2D eigenvalue weighted by Gasteiger charge is -2.58. The van der Waals surface area contributed by atoms with E-state index in [2.05, 4.69) is 13.8 Å². The minimum atomic E-state index is -0.494. The summed E-state index contributed by atoms with van der Waals surface area (Å²) in [6, 6.07) is 0. The molecule has 0 aromatic carbocycles. The van der Waals surface area contributed by atoms with E-state index in [1.165, 1.54) is 83.5 Å². The van der Waals surface area contributed by atoms with E-state index in [1.807, 2.05) is 0 Å². The number of rotatable bonds is 6. The molecule has 4 aliphatic rings. The Labute approximate surface area is 137 Å². The summed E-state index contributed by atoms with van der Waals surface area (Å²) in [5.74, 6) is 1.09. The van der Waals surface area contributed by atoms with Crippen LogP contribution in [0.2, 0.25) is 0 Å². The molecule has 1 heteroatoms. The predicted octanol–water partition coefficient (Wildman–Crippen LogP) is 7.07. The fraction of sp³-hybridized carbons (Fsp3) is 1.00. The van der Waals surface area contributed by atoms with Gasteiger partial charge < -0.3 is 0 Å². The van der Waals surface area contributed by atoms with Crippen LogP contribution in [0.15, 0.2) is 0 Å². The molecule has 0 spiro atoms. The normalized spacial score (nSPS) is 45.1. The Balaban J connectivity index is 1.60. The predicted molar refractivity (Wildman–Crippen MR) is 92.7 cm³/mol. The highest BCUT2D eigenvalue weighted by atomic mass is 19.1. The zero-order valence-electron chi connectivity index (χ0n) is 15.0. The topological polar surface area (TPSA) is 0 Å². The van der Waals surface area contributed by atoms with Crippen LogP contribution in [0.3, 0.4) is 0 Å². The Morgan fingerprint density at radius 3 is 2.14 bits per heavy atom. The van der Waals surface area contributed by atoms with Crippen molar-refractivity contribution in [1.29, 1.82) is 0 Å². The lowest BCUT2D eigenvalue weighted by molar-refractivity contribution is -0.0897. The third-order valence-electron chi connectivity index (χ3n) is 7.88. The average molecular weight is 309 g/mol. The van der Waals surface area contributed by atoms with E-state index < -0.39 is 6.17 Å². The Kier molecular flexibility index (Phi) is 5.20. The van der Waals surface area contributed by atoms with Gasteiger partial charge >= 0.3 is 0 Å². The summed E-state index contributed by atoms with van der Waals surface area (Å²) < 4.78 is 15.0. The summed E-state index contributed by atoms with van der Waals surface area (Å²) in [5.41, 5.74) is 1.08. The van der Waals surface area contributed by atoms with Crippen LogP contribution in [-0.2, 0) is 0 Å². The molecule has 0 saturated heterocycles. The molecule has 4 rings (SSSR count). The third kappa shape index (κ3) is 3.11. The maximum atomic E-state index is 15.0. The van der Waals surface area contributed by atoms with Crippen LogP contribution < -0.4 is 0 Å². The van der Waals surface area contributed by atoms with Gasteiger partial charge in [-0.2, -0.15) is 0 Å². The van der Waals surface area contributed by atoms with E-state index in [1.54, 1.807) is 0 Å². The second-order valence-electron chi connectivity index (χ2n) is 9.06. The number of hydrogen-bond donors (Lipinski definition) is 0. The number of hydrogen-bond acceptors (Lipinski definition) is 0. The summed E-state index contributed by atoms with van der Waals surface area (Å²) in [4.78, 5) is 0. The quantitative estimate of drug-likeness (QED) is 0.492. The summed E-state index contributed by atoms with van der Waals surface area (Å²) in [7, 11) is 0. The monoisotopic (exact) mass is 308 g/mol. The molecule has 0 amide bonds. The van der Waals surface area contributed by atoms with Crippen molar-refractivity contribution in [2.75, 3.05) is 0 Å².